The third kappa shape index (κ3) is 3.26. The largest absolute Gasteiger partial charge is 0.471 e. The fourth-order valence-corrected chi connectivity index (χ4v) is 3.40. The Kier molecular flexibility index (Phi) is 3.83. The Morgan fingerprint density at radius 2 is 1.90 bits per heavy atom. The molecule has 0 aromatic heterocycles. The highest BCUT2D eigenvalue weighted by Crippen LogP contribution is 2.30. The van der Waals surface area contributed by atoms with Crippen molar-refractivity contribution in [3.05, 3.63) is 41.3 Å². The number of aryl methyl sites for hydroxylation is 1. The predicted octanol–water partition coefficient (Wildman–Crippen LogP) is 2.20. The van der Waals surface area contributed by atoms with Gasteiger partial charge in [-0.05, 0) is 24.6 Å². The van der Waals surface area contributed by atoms with Crippen LogP contribution in [0.2, 0.25) is 0 Å². The molecule has 0 saturated carbocycles. The molecule has 2 rings (SSSR count). The summed E-state index contributed by atoms with van der Waals surface area (Å²) in [5.41, 5.74) is 0.499. The molecule has 1 aliphatic heterocycles. The molecule has 114 valence electrons. The number of para-hydroxylation sites is 1. The van der Waals surface area contributed by atoms with E-state index in [1.807, 2.05) is 0 Å². The van der Waals surface area contributed by atoms with Crippen molar-refractivity contribution in [1.29, 1.82) is 0 Å². The van der Waals surface area contributed by atoms with Crippen LogP contribution in [-0.4, -0.2) is 32.3 Å². The zero-order chi connectivity index (χ0) is 15.8. The van der Waals surface area contributed by atoms with E-state index in [-0.39, 0.29) is 5.69 Å². The SMILES string of the molecule is Cc1ccccc1N(C(=O)C(F)(F)F)[C@@H]1C=CS(=O)(=O)C1. The Bertz CT molecular complexity index is 695. The van der Waals surface area contributed by atoms with Crippen LogP contribution >= 0.6 is 0 Å². The van der Waals surface area contributed by atoms with E-state index in [2.05, 4.69) is 0 Å². The third-order valence-corrected chi connectivity index (χ3v) is 4.46. The minimum Gasteiger partial charge on any atom is -0.296 e. The van der Waals surface area contributed by atoms with Crippen LogP contribution < -0.4 is 4.90 Å². The molecule has 21 heavy (non-hydrogen) atoms. The summed E-state index contributed by atoms with van der Waals surface area (Å²) in [6.07, 6.45) is -3.98. The van der Waals surface area contributed by atoms with Crippen LogP contribution in [0.3, 0.4) is 0 Å². The molecule has 0 N–H and O–H groups in total. The van der Waals surface area contributed by atoms with Gasteiger partial charge in [0.15, 0.2) is 9.84 Å². The lowest BCUT2D eigenvalue weighted by atomic mass is 10.1. The second-order valence-corrected chi connectivity index (χ2v) is 6.62. The van der Waals surface area contributed by atoms with E-state index in [1.165, 1.54) is 12.1 Å². The van der Waals surface area contributed by atoms with Crippen LogP contribution in [0.5, 0.6) is 0 Å². The van der Waals surface area contributed by atoms with Gasteiger partial charge in [-0.3, -0.25) is 9.69 Å². The Balaban J connectivity index is 2.49. The summed E-state index contributed by atoms with van der Waals surface area (Å²) >= 11 is 0. The summed E-state index contributed by atoms with van der Waals surface area (Å²) in [6, 6.07) is 4.87. The van der Waals surface area contributed by atoms with Crippen molar-refractivity contribution in [2.75, 3.05) is 10.7 Å². The van der Waals surface area contributed by atoms with Gasteiger partial charge in [0.25, 0.3) is 0 Å². The Morgan fingerprint density at radius 3 is 2.38 bits per heavy atom. The summed E-state index contributed by atoms with van der Waals surface area (Å²) in [6.45, 7) is 1.55. The summed E-state index contributed by atoms with van der Waals surface area (Å²) in [7, 11) is -3.58. The van der Waals surface area contributed by atoms with Gasteiger partial charge >= 0.3 is 12.1 Å². The van der Waals surface area contributed by atoms with E-state index in [4.69, 9.17) is 0 Å². The molecule has 8 heteroatoms. The number of hydrogen-bond acceptors (Lipinski definition) is 3. The average Bonchev–Trinajstić information content (AvgIpc) is 2.71. The predicted molar refractivity (Wildman–Crippen MR) is 71.4 cm³/mol. The van der Waals surface area contributed by atoms with Crippen molar-refractivity contribution in [3.63, 3.8) is 0 Å². The van der Waals surface area contributed by atoms with Gasteiger partial charge in [0, 0.05) is 11.1 Å². The highest BCUT2D eigenvalue weighted by atomic mass is 32.2. The van der Waals surface area contributed by atoms with Crippen molar-refractivity contribution in [2.45, 2.75) is 19.1 Å². The normalized spacial score (nSPS) is 20.5. The maximum absolute atomic E-state index is 12.8. The lowest BCUT2D eigenvalue weighted by Crippen LogP contribution is -2.48. The van der Waals surface area contributed by atoms with E-state index in [0.717, 1.165) is 11.5 Å². The summed E-state index contributed by atoms with van der Waals surface area (Å²) < 4.78 is 61.2. The molecule has 1 aliphatic rings. The standard InChI is InChI=1S/C13H12F3NO3S/c1-9-4-2-3-5-11(9)17(12(18)13(14,15)16)10-6-7-21(19,20)8-10/h2-7,10H,8H2,1H3/t10-/m1/s1. The van der Waals surface area contributed by atoms with Crippen LogP contribution in [0.4, 0.5) is 18.9 Å². The number of carbonyl (C=O) groups excluding carboxylic acids is 1. The monoisotopic (exact) mass is 319 g/mol. The minimum atomic E-state index is -5.08. The minimum absolute atomic E-state index is 0.0478. The lowest BCUT2D eigenvalue weighted by molar-refractivity contribution is -0.170. The van der Waals surface area contributed by atoms with Gasteiger partial charge in [0.1, 0.15) is 0 Å². The first-order chi connectivity index (χ1) is 9.62. The van der Waals surface area contributed by atoms with E-state index in [9.17, 15) is 26.4 Å². The fourth-order valence-electron chi connectivity index (χ4n) is 2.13. The highest BCUT2D eigenvalue weighted by Gasteiger charge is 2.46. The van der Waals surface area contributed by atoms with E-state index in [0.29, 0.717) is 10.5 Å². The van der Waals surface area contributed by atoms with Gasteiger partial charge in [-0.2, -0.15) is 13.2 Å². The molecule has 0 fully saturated rings. The van der Waals surface area contributed by atoms with Gasteiger partial charge in [-0.25, -0.2) is 8.42 Å². The number of amides is 1. The summed E-state index contributed by atoms with van der Waals surface area (Å²) in [4.78, 5) is 12.2. The molecular formula is C13H12F3NO3S. The molecule has 4 nitrogen and oxygen atoms in total. The number of sulfone groups is 1. The number of hydrogen-bond donors (Lipinski definition) is 0. The molecule has 0 unspecified atom stereocenters. The Hall–Kier alpha value is -1.83. The van der Waals surface area contributed by atoms with E-state index < -0.39 is 33.7 Å². The van der Waals surface area contributed by atoms with Crippen LogP contribution in [0.1, 0.15) is 5.56 Å². The Morgan fingerprint density at radius 1 is 1.29 bits per heavy atom. The molecule has 1 aromatic carbocycles. The number of nitrogens with zero attached hydrogens (tertiary/aromatic N) is 1. The first-order valence-electron chi connectivity index (χ1n) is 5.99. The number of carbonyl (C=O) groups is 1. The van der Waals surface area contributed by atoms with Crippen molar-refractivity contribution >= 4 is 21.4 Å². The molecular weight excluding hydrogens is 307 g/mol. The van der Waals surface area contributed by atoms with Crippen molar-refractivity contribution in [1.82, 2.24) is 0 Å². The van der Waals surface area contributed by atoms with E-state index in [1.54, 1.807) is 19.1 Å². The third-order valence-electron chi connectivity index (χ3n) is 3.08. The number of anilines is 1. The molecule has 1 heterocycles. The smallest absolute Gasteiger partial charge is 0.296 e. The quantitative estimate of drug-likeness (QED) is 0.840. The van der Waals surface area contributed by atoms with Gasteiger partial charge in [0.2, 0.25) is 0 Å². The Labute approximate surface area is 119 Å². The summed E-state index contributed by atoms with van der Waals surface area (Å²) in [5.74, 6) is -2.63. The first-order valence-corrected chi connectivity index (χ1v) is 7.70. The zero-order valence-corrected chi connectivity index (χ0v) is 11.8. The van der Waals surface area contributed by atoms with Crippen LogP contribution in [0.15, 0.2) is 35.7 Å². The highest BCUT2D eigenvalue weighted by molar-refractivity contribution is 7.94. The lowest BCUT2D eigenvalue weighted by Gasteiger charge is -2.29. The molecule has 0 bridgehead atoms. The maximum Gasteiger partial charge on any atom is 0.471 e. The molecule has 0 saturated heterocycles. The maximum atomic E-state index is 12.8. The number of halogens is 3. The number of alkyl halides is 3. The average molecular weight is 319 g/mol. The zero-order valence-electron chi connectivity index (χ0n) is 11.0. The first kappa shape index (κ1) is 15.6. The second-order valence-electron chi connectivity index (χ2n) is 4.68. The van der Waals surface area contributed by atoms with E-state index >= 15 is 0 Å². The van der Waals surface area contributed by atoms with Crippen molar-refractivity contribution in [2.24, 2.45) is 0 Å². The van der Waals surface area contributed by atoms with Crippen LogP contribution in [0.25, 0.3) is 0 Å². The van der Waals surface area contributed by atoms with Gasteiger partial charge in [0.05, 0.1) is 11.8 Å². The molecule has 0 aliphatic carbocycles. The molecule has 0 spiro atoms. The number of benzene rings is 1. The fraction of sp³-hybridized carbons (Fsp3) is 0.308. The van der Waals surface area contributed by atoms with Crippen LogP contribution in [-0.2, 0) is 14.6 Å². The molecule has 1 amide bonds. The van der Waals surface area contributed by atoms with Crippen molar-refractivity contribution < 1.29 is 26.4 Å². The molecule has 1 atom stereocenters. The number of rotatable bonds is 2. The van der Waals surface area contributed by atoms with Gasteiger partial charge < -0.3 is 0 Å². The molecule has 0 radical (unpaired) electrons. The second kappa shape index (κ2) is 5.18. The van der Waals surface area contributed by atoms with Crippen molar-refractivity contribution in [3.8, 4) is 0 Å². The van der Waals surface area contributed by atoms with Gasteiger partial charge in [-0.15, -0.1) is 0 Å². The topological polar surface area (TPSA) is 54.5 Å². The van der Waals surface area contributed by atoms with Gasteiger partial charge in [-0.1, -0.05) is 18.2 Å². The molecule has 1 aromatic rings. The summed E-state index contributed by atoms with van der Waals surface area (Å²) in [5, 5.41) is 0.840. The van der Waals surface area contributed by atoms with Crippen LogP contribution in [0, 0.1) is 6.92 Å².